The van der Waals surface area contributed by atoms with Crippen LogP contribution in [0, 0.1) is 0 Å². The first kappa shape index (κ1) is 32.4. The van der Waals surface area contributed by atoms with E-state index < -0.39 is 11.2 Å². The number of aromatic nitrogens is 4. The highest BCUT2D eigenvalue weighted by molar-refractivity contribution is 8.00. The molecule has 1 atom stereocenters. The Kier molecular flexibility index (Phi) is 12.9. The summed E-state index contributed by atoms with van der Waals surface area (Å²) in [6.07, 6.45) is 9.23. The second kappa shape index (κ2) is 16.3. The lowest BCUT2D eigenvalue weighted by molar-refractivity contribution is -0.136. The molecule has 0 bridgehead atoms. The third-order valence-corrected chi connectivity index (χ3v) is 8.21. The SMILES string of the molecule is CCCCCCCN(C(=O)COc1nc(CC)nc2c(CCC)nn(C)c12)c1ccc(SC(CCC)C(=O)O)cc1. The van der Waals surface area contributed by atoms with E-state index in [1.54, 1.807) is 9.58 Å². The van der Waals surface area contributed by atoms with Gasteiger partial charge in [0.1, 0.15) is 22.1 Å². The second-order valence-corrected chi connectivity index (χ2v) is 11.6. The number of benzene rings is 1. The van der Waals surface area contributed by atoms with Crippen molar-refractivity contribution in [2.24, 2.45) is 7.05 Å². The molecule has 3 aromatic rings. The summed E-state index contributed by atoms with van der Waals surface area (Å²) < 4.78 is 7.84. The molecule has 0 fully saturated rings. The molecule has 0 spiro atoms. The molecule has 9 nitrogen and oxygen atoms in total. The van der Waals surface area contributed by atoms with E-state index in [0.717, 1.165) is 66.7 Å². The number of rotatable bonds is 18. The predicted octanol–water partition coefficient (Wildman–Crippen LogP) is 6.61. The van der Waals surface area contributed by atoms with E-state index in [9.17, 15) is 14.7 Å². The number of aryl methyl sites for hydroxylation is 3. The molecule has 0 saturated heterocycles. The van der Waals surface area contributed by atoms with Crippen LogP contribution in [0.5, 0.6) is 5.88 Å². The first-order valence-electron chi connectivity index (χ1n) is 15.0. The fourth-order valence-electron chi connectivity index (χ4n) is 4.76. The fourth-order valence-corrected chi connectivity index (χ4v) is 5.83. The van der Waals surface area contributed by atoms with Crippen LogP contribution in [0.4, 0.5) is 5.69 Å². The first-order valence-corrected chi connectivity index (χ1v) is 15.9. The summed E-state index contributed by atoms with van der Waals surface area (Å²) in [6.45, 7) is 8.69. The number of aliphatic carboxylic acids is 1. The van der Waals surface area contributed by atoms with E-state index in [-0.39, 0.29) is 12.5 Å². The molecule has 1 unspecified atom stereocenters. The number of nitrogens with zero attached hydrogens (tertiary/aromatic N) is 5. The normalized spacial score (nSPS) is 12.0. The van der Waals surface area contributed by atoms with Crippen molar-refractivity contribution in [3.63, 3.8) is 0 Å². The number of carboxylic acids is 1. The standard InChI is InChI=1S/C31H45N5O4S/c1-6-10-11-12-13-20-36(22-16-18-23(19-17-22)41-25(15-8-3)31(38)39)27(37)21-40-30-29-28(32-26(9-4)33-30)24(14-7-2)34-35(29)5/h16-19,25H,6-15,20-21H2,1-5H3,(H,38,39). The molecule has 0 aliphatic carbocycles. The molecule has 41 heavy (non-hydrogen) atoms. The first-order chi connectivity index (χ1) is 19.8. The lowest BCUT2D eigenvalue weighted by Gasteiger charge is -2.23. The van der Waals surface area contributed by atoms with Gasteiger partial charge >= 0.3 is 5.97 Å². The highest BCUT2D eigenvalue weighted by atomic mass is 32.2. The van der Waals surface area contributed by atoms with E-state index in [0.29, 0.717) is 36.6 Å². The predicted molar refractivity (Wildman–Crippen MR) is 165 cm³/mol. The molecule has 10 heteroatoms. The van der Waals surface area contributed by atoms with Crippen molar-refractivity contribution in [3.8, 4) is 5.88 Å². The van der Waals surface area contributed by atoms with Gasteiger partial charge in [-0.25, -0.2) is 4.98 Å². The maximum absolute atomic E-state index is 13.6. The fraction of sp³-hybridized carbons (Fsp3) is 0.581. The maximum atomic E-state index is 13.6. The van der Waals surface area contributed by atoms with Gasteiger partial charge in [0.05, 0.1) is 5.69 Å². The number of carboxylic acid groups (broad SMARTS) is 1. The minimum Gasteiger partial charge on any atom is -0.480 e. The Morgan fingerprint density at radius 1 is 1.00 bits per heavy atom. The van der Waals surface area contributed by atoms with Crippen LogP contribution in [-0.2, 0) is 29.5 Å². The van der Waals surface area contributed by atoms with Gasteiger partial charge in [-0.1, -0.05) is 66.2 Å². The second-order valence-electron chi connectivity index (χ2n) is 10.3. The Balaban J connectivity index is 1.81. The molecule has 0 saturated carbocycles. The molecule has 0 aliphatic heterocycles. The Morgan fingerprint density at radius 2 is 1.73 bits per heavy atom. The molecule has 0 aliphatic rings. The number of hydrogen-bond acceptors (Lipinski definition) is 7. The van der Waals surface area contributed by atoms with Gasteiger partial charge in [-0.2, -0.15) is 10.1 Å². The number of thioether (sulfide) groups is 1. The van der Waals surface area contributed by atoms with Gasteiger partial charge in [0.15, 0.2) is 6.61 Å². The largest absolute Gasteiger partial charge is 0.480 e. The van der Waals surface area contributed by atoms with Crippen molar-refractivity contribution in [1.29, 1.82) is 0 Å². The number of unbranched alkanes of at least 4 members (excludes halogenated alkanes) is 4. The van der Waals surface area contributed by atoms with E-state index in [1.165, 1.54) is 18.2 Å². The highest BCUT2D eigenvalue weighted by Gasteiger charge is 2.22. The summed E-state index contributed by atoms with van der Waals surface area (Å²) in [6, 6.07) is 7.59. The van der Waals surface area contributed by atoms with Crippen molar-refractivity contribution in [2.45, 2.75) is 102 Å². The van der Waals surface area contributed by atoms with Crippen molar-refractivity contribution in [3.05, 3.63) is 35.8 Å². The summed E-state index contributed by atoms with van der Waals surface area (Å²) in [5.41, 5.74) is 3.17. The quantitative estimate of drug-likeness (QED) is 0.132. The number of amides is 1. The average Bonchev–Trinajstić information content (AvgIpc) is 3.28. The molecule has 2 aromatic heterocycles. The molecular formula is C31H45N5O4S. The summed E-state index contributed by atoms with van der Waals surface area (Å²) in [5.74, 6) is 0.0787. The Bertz CT molecular complexity index is 1280. The van der Waals surface area contributed by atoms with E-state index in [1.807, 2.05) is 45.2 Å². The summed E-state index contributed by atoms with van der Waals surface area (Å²) >= 11 is 1.35. The molecule has 1 N–H and O–H groups in total. The number of carbonyl (C=O) groups excluding carboxylic acids is 1. The van der Waals surface area contributed by atoms with Gasteiger partial charge in [-0.05, 0) is 43.5 Å². The number of carbonyl (C=O) groups is 2. The number of fused-ring (bicyclic) bond motifs is 1. The number of ether oxygens (including phenoxy) is 1. The van der Waals surface area contributed by atoms with Crippen molar-refractivity contribution in [1.82, 2.24) is 19.7 Å². The summed E-state index contributed by atoms with van der Waals surface area (Å²) in [7, 11) is 1.85. The lowest BCUT2D eigenvalue weighted by Crippen LogP contribution is -2.36. The van der Waals surface area contributed by atoms with Crippen molar-refractivity contribution in [2.75, 3.05) is 18.1 Å². The zero-order chi connectivity index (χ0) is 29.8. The third kappa shape index (κ3) is 8.92. The van der Waals surface area contributed by atoms with Crippen LogP contribution in [0.1, 0.15) is 90.6 Å². The van der Waals surface area contributed by atoms with Gasteiger partial charge < -0.3 is 14.7 Å². The van der Waals surface area contributed by atoms with Crippen LogP contribution in [-0.4, -0.2) is 55.1 Å². The van der Waals surface area contributed by atoms with Crippen LogP contribution in [0.2, 0.25) is 0 Å². The number of hydrogen-bond donors (Lipinski definition) is 1. The lowest BCUT2D eigenvalue weighted by atomic mass is 10.1. The van der Waals surface area contributed by atoms with E-state index >= 15 is 0 Å². The Hall–Kier alpha value is -3.14. The Labute approximate surface area is 248 Å². The summed E-state index contributed by atoms with van der Waals surface area (Å²) in [4.78, 5) is 37.2. The van der Waals surface area contributed by atoms with Crippen LogP contribution in [0.3, 0.4) is 0 Å². The minimum atomic E-state index is -0.803. The molecule has 2 heterocycles. The van der Waals surface area contributed by atoms with Crippen LogP contribution in [0.15, 0.2) is 29.2 Å². The van der Waals surface area contributed by atoms with Crippen LogP contribution >= 0.6 is 11.8 Å². The van der Waals surface area contributed by atoms with Gasteiger partial charge in [-0.3, -0.25) is 14.3 Å². The smallest absolute Gasteiger partial charge is 0.316 e. The van der Waals surface area contributed by atoms with E-state index in [4.69, 9.17) is 9.72 Å². The van der Waals surface area contributed by atoms with Crippen molar-refractivity contribution < 1.29 is 19.4 Å². The molecule has 1 amide bonds. The molecule has 1 aromatic carbocycles. The van der Waals surface area contributed by atoms with Gasteiger partial charge in [0.2, 0.25) is 5.88 Å². The molecule has 0 radical (unpaired) electrons. The summed E-state index contributed by atoms with van der Waals surface area (Å²) in [5, 5.41) is 13.7. The Morgan fingerprint density at radius 3 is 2.37 bits per heavy atom. The van der Waals surface area contributed by atoms with Crippen LogP contribution < -0.4 is 9.64 Å². The minimum absolute atomic E-state index is 0.156. The van der Waals surface area contributed by atoms with Gasteiger partial charge in [-0.15, -0.1) is 11.8 Å². The van der Waals surface area contributed by atoms with Crippen molar-refractivity contribution >= 4 is 40.4 Å². The number of anilines is 1. The zero-order valence-electron chi connectivity index (χ0n) is 25.2. The van der Waals surface area contributed by atoms with E-state index in [2.05, 4.69) is 23.9 Å². The third-order valence-electron chi connectivity index (χ3n) is 6.94. The van der Waals surface area contributed by atoms with Gasteiger partial charge in [0.25, 0.3) is 5.91 Å². The monoisotopic (exact) mass is 583 g/mol. The average molecular weight is 584 g/mol. The van der Waals surface area contributed by atoms with Crippen LogP contribution in [0.25, 0.3) is 11.0 Å². The maximum Gasteiger partial charge on any atom is 0.316 e. The topological polar surface area (TPSA) is 110 Å². The van der Waals surface area contributed by atoms with Gasteiger partial charge in [0, 0.05) is 30.6 Å². The molecular weight excluding hydrogens is 538 g/mol. The molecule has 224 valence electrons. The zero-order valence-corrected chi connectivity index (χ0v) is 26.0. The molecule has 3 rings (SSSR count). The highest BCUT2D eigenvalue weighted by Crippen LogP contribution is 2.29.